The fourth-order valence-corrected chi connectivity index (χ4v) is 3.64. The second-order valence-electron chi connectivity index (χ2n) is 6.45. The maximum atomic E-state index is 6.52. The quantitative estimate of drug-likeness (QED) is 0.755. The molecule has 2 rings (SSSR count). The molecule has 0 saturated heterocycles. The summed E-state index contributed by atoms with van der Waals surface area (Å²) in [6.07, 6.45) is 6.40. The van der Waals surface area contributed by atoms with E-state index in [2.05, 4.69) is 43.2 Å². The van der Waals surface area contributed by atoms with Gasteiger partial charge >= 0.3 is 0 Å². The molecule has 0 unspecified atom stereocenters. The van der Waals surface area contributed by atoms with E-state index in [1.54, 1.807) is 0 Å². The van der Waals surface area contributed by atoms with E-state index in [0.717, 1.165) is 30.5 Å². The Morgan fingerprint density at radius 3 is 2.62 bits per heavy atom. The van der Waals surface area contributed by atoms with Crippen molar-refractivity contribution in [2.45, 2.75) is 58.5 Å². The first kappa shape index (κ1) is 16.6. The summed E-state index contributed by atoms with van der Waals surface area (Å²) in [7, 11) is 2.21. The van der Waals surface area contributed by atoms with Gasteiger partial charge in [0.15, 0.2) is 0 Å². The van der Waals surface area contributed by atoms with Crippen molar-refractivity contribution in [3.63, 3.8) is 0 Å². The van der Waals surface area contributed by atoms with Crippen LogP contribution in [0.4, 0.5) is 5.69 Å². The molecule has 0 amide bonds. The van der Waals surface area contributed by atoms with E-state index < -0.39 is 0 Å². The Bertz CT molecular complexity index is 439. The normalized spacial score (nSPS) is 22.3. The molecule has 3 heteroatoms. The van der Waals surface area contributed by atoms with Gasteiger partial charge in [-0.25, -0.2) is 0 Å². The molecule has 1 fully saturated rings. The molecule has 1 aromatic rings. The number of hydrogen-bond acceptors (Lipinski definition) is 2. The first-order valence-corrected chi connectivity index (χ1v) is 8.72. The summed E-state index contributed by atoms with van der Waals surface area (Å²) in [6.45, 7) is 6.51. The first-order chi connectivity index (χ1) is 10.1. The highest BCUT2D eigenvalue weighted by Gasteiger charge is 2.24. The van der Waals surface area contributed by atoms with Crippen LogP contribution in [0.2, 0.25) is 5.02 Å². The summed E-state index contributed by atoms with van der Waals surface area (Å²) in [5.41, 5.74) is 2.54. The van der Waals surface area contributed by atoms with Gasteiger partial charge in [-0.1, -0.05) is 37.6 Å². The van der Waals surface area contributed by atoms with Crippen LogP contribution in [0.25, 0.3) is 0 Å². The largest absolute Gasteiger partial charge is 0.370 e. The maximum Gasteiger partial charge on any atom is 0.0642 e. The van der Waals surface area contributed by atoms with Gasteiger partial charge in [0.2, 0.25) is 0 Å². The molecule has 1 N–H and O–H groups in total. The molecular weight excluding hydrogens is 280 g/mol. The SMILES string of the molecule is CCCNCc1cccc(Cl)c1N(C)C1CCC(C)CC1. The third-order valence-electron chi connectivity index (χ3n) is 4.70. The summed E-state index contributed by atoms with van der Waals surface area (Å²) in [6, 6.07) is 6.91. The minimum Gasteiger partial charge on any atom is -0.370 e. The smallest absolute Gasteiger partial charge is 0.0642 e. The van der Waals surface area contributed by atoms with Crippen LogP contribution in [0.15, 0.2) is 18.2 Å². The van der Waals surface area contributed by atoms with Crippen LogP contribution < -0.4 is 10.2 Å². The summed E-state index contributed by atoms with van der Waals surface area (Å²) in [5.74, 6) is 0.881. The number of nitrogens with one attached hydrogen (secondary N) is 1. The summed E-state index contributed by atoms with van der Waals surface area (Å²) < 4.78 is 0. The molecule has 21 heavy (non-hydrogen) atoms. The lowest BCUT2D eigenvalue weighted by molar-refractivity contribution is 0.340. The highest BCUT2D eigenvalue weighted by Crippen LogP contribution is 2.35. The monoisotopic (exact) mass is 308 g/mol. The van der Waals surface area contributed by atoms with Crippen molar-refractivity contribution in [3.8, 4) is 0 Å². The lowest BCUT2D eigenvalue weighted by atomic mass is 9.86. The second kappa shape index (κ2) is 8.05. The van der Waals surface area contributed by atoms with Gasteiger partial charge in [0.1, 0.15) is 0 Å². The molecule has 0 aliphatic heterocycles. The Balaban J connectivity index is 2.12. The van der Waals surface area contributed by atoms with Gasteiger partial charge in [0.05, 0.1) is 10.7 Å². The highest BCUT2D eigenvalue weighted by molar-refractivity contribution is 6.33. The Labute approximate surface area is 134 Å². The van der Waals surface area contributed by atoms with Crippen molar-refractivity contribution in [2.75, 3.05) is 18.5 Å². The van der Waals surface area contributed by atoms with E-state index in [-0.39, 0.29) is 0 Å². The summed E-state index contributed by atoms with van der Waals surface area (Å²) in [4.78, 5) is 2.43. The van der Waals surface area contributed by atoms with Crippen LogP contribution in [0.1, 0.15) is 51.5 Å². The number of halogens is 1. The van der Waals surface area contributed by atoms with Crippen LogP contribution in [-0.2, 0) is 6.54 Å². The molecular formula is C18H29ClN2. The van der Waals surface area contributed by atoms with Crippen LogP contribution >= 0.6 is 11.6 Å². The van der Waals surface area contributed by atoms with E-state index in [1.165, 1.54) is 36.9 Å². The van der Waals surface area contributed by atoms with Crippen LogP contribution in [0.3, 0.4) is 0 Å². The van der Waals surface area contributed by atoms with Gasteiger partial charge in [-0.3, -0.25) is 0 Å². The third-order valence-corrected chi connectivity index (χ3v) is 5.00. The van der Waals surface area contributed by atoms with Gasteiger partial charge in [-0.15, -0.1) is 0 Å². The fraction of sp³-hybridized carbons (Fsp3) is 0.667. The molecule has 1 aromatic carbocycles. The molecule has 0 spiro atoms. The molecule has 0 atom stereocenters. The predicted octanol–water partition coefficient (Wildman–Crippen LogP) is 4.85. The summed E-state index contributed by atoms with van der Waals surface area (Å²) >= 11 is 6.52. The zero-order valence-electron chi connectivity index (χ0n) is 13.7. The number of rotatable bonds is 6. The Hall–Kier alpha value is -0.730. The van der Waals surface area contributed by atoms with E-state index in [9.17, 15) is 0 Å². The van der Waals surface area contributed by atoms with Crippen molar-refractivity contribution < 1.29 is 0 Å². The standard InChI is InChI=1S/C18H29ClN2/c1-4-12-20-13-15-6-5-7-17(19)18(15)21(3)16-10-8-14(2)9-11-16/h5-7,14,16,20H,4,8-13H2,1-3H3. The van der Waals surface area contributed by atoms with E-state index in [4.69, 9.17) is 11.6 Å². The van der Waals surface area contributed by atoms with E-state index >= 15 is 0 Å². The lowest BCUT2D eigenvalue weighted by Crippen LogP contribution is -2.36. The number of anilines is 1. The van der Waals surface area contributed by atoms with Crippen molar-refractivity contribution in [2.24, 2.45) is 5.92 Å². The molecule has 1 aliphatic rings. The van der Waals surface area contributed by atoms with E-state index in [1.807, 2.05) is 6.07 Å². The fourth-order valence-electron chi connectivity index (χ4n) is 3.31. The minimum absolute atomic E-state index is 0.631. The Morgan fingerprint density at radius 2 is 1.95 bits per heavy atom. The van der Waals surface area contributed by atoms with E-state index in [0.29, 0.717) is 6.04 Å². The van der Waals surface area contributed by atoms with Gasteiger partial charge in [0.25, 0.3) is 0 Å². The number of para-hydroxylation sites is 1. The molecule has 1 aliphatic carbocycles. The molecule has 1 saturated carbocycles. The molecule has 0 aromatic heterocycles. The number of hydrogen-bond donors (Lipinski definition) is 1. The van der Waals surface area contributed by atoms with Crippen LogP contribution in [0, 0.1) is 5.92 Å². The molecule has 0 heterocycles. The number of nitrogens with zero attached hydrogens (tertiary/aromatic N) is 1. The molecule has 0 bridgehead atoms. The molecule has 118 valence electrons. The summed E-state index contributed by atoms with van der Waals surface area (Å²) in [5, 5.41) is 4.38. The zero-order valence-corrected chi connectivity index (χ0v) is 14.4. The van der Waals surface area contributed by atoms with Crippen molar-refractivity contribution >= 4 is 17.3 Å². The topological polar surface area (TPSA) is 15.3 Å². The molecule has 2 nitrogen and oxygen atoms in total. The van der Waals surface area contributed by atoms with Crippen molar-refractivity contribution in [1.82, 2.24) is 5.32 Å². The third kappa shape index (κ3) is 4.37. The lowest BCUT2D eigenvalue weighted by Gasteiger charge is -2.36. The van der Waals surface area contributed by atoms with Gasteiger partial charge < -0.3 is 10.2 Å². The molecule has 0 radical (unpaired) electrons. The average molecular weight is 309 g/mol. The first-order valence-electron chi connectivity index (χ1n) is 8.34. The number of benzene rings is 1. The van der Waals surface area contributed by atoms with Crippen molar-refractivity contribution in [1.29, 1.82) is 0 Å². The van der Waals surface area contributed by atoms with Gasteiger partial charge in [0, 0.05) is 19.6 Å². The van der Waals surface area contributed by atoms with Crippen LogP contribution in [-0.4, -0.2) is 19.6 Å². The van der Waals surface area contributed by atoms with Crippen molar-refractivity contribution in [3.05, 3.63) is 28.8 Å². The predicted molar refractivity (Wildman–Crippen MR) is 93.3 cm³/mol. The van der Waals surface area contributed by atoms with Gasteiger partial charge in [-0.05, 0) is 56.2 Å². The average Bonchev–Trinajstić information content (AvgIpc) is 2.48. The minimum atomic E-state index is 0.631. The Kier molecular flexibility index (Phi) is 6.38. The highest BCUT2D eigenvalue weighted by atomic mass is 35.5. The van der Waals surface area contributed by atoms with Crippen LogP contribution in [0.5, 0.6) is 0 Å². The Morgan fingerprint density at radius 1 is 1.24 bits per heavy atom. The second-order valence-corrected chi connectivity index (χ2v) is 6.86. The maximum absolute atomic E-state index is 6.52. The zero-order chi connectivity index (χ0) is 15.2. The van der Waals surface area contributed by atoms with Gasteiger partial charge in [-0.2, -0.15) is 0 Å².